The molecule has 0 aromatic carbocycles. The maximum atomic E-state index is 10.4. The van der Waals surface area contributed by atoms with Gasteiger partial charge in [0, 0.05) is 12.3 Å². The van der Waals surface area contributed by atoms with Crippen LogP contribution in [0.4, 0.5) is 0 Å². The van der Waals surface area contributed by atoms with Crippen molar-refractivity contribution >= 4 is 5.97 Å². The minimum absolute atomic E-state index is 0.376. The van der Waals surface area contributed by atoms with Crippen molar-refractivity contribution in [3.63, 3.8) is 0 Å². The van der Waals surface area contributed by atoms with E-state index in [0.29, 0.717) is 6.61 Å². The first-order valence-electron chi connectivity index (χ1n) is 2.86. The van der Waals surface area contributed by atoms with Crippen LogP contribution in [-0.4, -0.2) is 12.6 Å². The van der Waals surface area contributed by atoms with Crippen molar-refractivity contribution in [2.75, 3.05) is 6.61 Å². The molecule has 0 aliphatic carbocycles. The molecule has 0 rings (SSSR count). The average Bonchev–Trinajstić information content (AvgIpc) is 1.85. The van der Waals surface area contributed by atoms with Gasteiger partial charge in [0.2, 0.25) is 0 Å². The Kier molecular flexibility index (Phi) is 4.59. The quantitative estimate of drug-likeness (QED) is 0.443. The summed E-state index contributed by atoms with van der Waals surface area (Å²) < 4.78 is 4.63. The molecule has 0 spiro atoms. The molecule has 0 unspecified atom stereocenters. The Morgan fingerprint density at radius 2 is 2.44 bits per heavy atom. The summed E-state index contributed by atoms with van der Waals surface area (Å²) in [6.07, 6.45) is 3.19. The Balaban J connectivity index is 3.27. The van der Waals surface area contributed by atoms with Crippen LogP contribution >= 0.6 is 0 Å². The molecule has 52 valence electrons. The summed E-state index contributed by atoms with van der Waals surface area (Å²) in [5.74, 6) is -0.376. The number of ether oxygens (including phenoxy) is 1. The van der Waals surface area contributed by atoms with Gasteiger partial charge in [-0.15, -0.1) is 0 Å². The molecule has 0 fully saturated rings. The van der Waals surface area contributed by atoms with Crippen LogP contribution in [0.2, 0.25) is 0 Å². The summed E-state index contributed by atoms with van der Waals surface area (Å²) in [6.45, 7) is 2.39. The van der Waals surface area contributed by atoms with Crippen LogP contribution in [0.3, 0.4) is 0 Å². The summed E-state index contributed by atoms with van der Waals surface area (Å²) in [5, 5.41) is 0. The molecule has 0 amide bonds. The molecule has 3 nitrogen and oxygen atoms in total. The normalized spacial score (nSPS) is 9.89. The third kappa shape index (κ3) is 4.87. The second kappa shape index (κ2) is 5.15. The van der Waals surface area contributed by atoms with Gasteiger partial charge in [-0.1, -0.05) is 6.92 Å². The number of carbonyl (C=O) groups is 1. The highest BCUT2D eigenvalue weighted by Gasteiger charge is 1.91. The molecule has 0 heterocycles. The molecular weight excluding hydrogens is 118 g/mol. The fraction of sp³-hybridized carbons (Fsp3) is 0.500. The monoisotopic (exact) mass is 129 g/mol. The SMILES string of the molecule is CCCOC(=O)C=CN. The van der Waals surface area contributed by atoms with E-state index in [1.54, 1.807) is 0 Å². The van der Waals surface area contributed by atoms with Crippen LogP contribution in [-0.2, 0) is 9.53 Å². The maximum absolute atomic E-state index is 10.4. The molecule has 0 bridgehead atoms. The van der Waals surface area contributed by atoms with E-state index in [-0.39, 0.29) is 5.97 Å². The van der Waals surface area contributed by atoms with Crippen molar-refractivity contribution in [2.45, 2.75) is 13.3 Å². The van der Waals surface area contributed by atoms with E-state index < -0.39 is 0 Å². The highest BCUT2D eigenvalue weighted by molar-refractivity contribution is 5.81. The van der Waals surface area contributed by atoms with Gasteiger partial charge in [-0.25, -0.2) is 4.79 Å². The molecule has 0 aliphatic heterocycles. The Morgan fingerprint density at radius 1 is 1.78 bits per heavy atom. The first-order chi connectivity index (χ1) is 4.31. The fourth-order valence-electron chi connectivity index (χ4n) is 0.329. The van der Waals surface area contributed by atoms with E-state index in [9.17, 15) is 4.79 Å². The molecule has 0 aromatic heterocycles. The van der Waals surface area contributed by atoms with Crippen LogP contribution in [0.15, 0.2) is 12.3 Å². The highest BCUT2D eigenvalue weighted by atomic mass is 16.5. The van der Waals surface area contributed by atoms with Crippen molar-refractivity contribution in [2.24, 2.45) is 5.73 Å². The van der Waals surface area contributed by atoms with Crippen LogP contribution in [0.25, 0.3) is 0 Å². The predicted octanol–water partition coefficient (Wildman–Crippen LogP) is 0.412. The smallest absolute Gasteiger partial charge is 0.332 e. The fourth-order valence-corrected chi connectivity index (χ4v) is 0.329. The van der Waals surface area contributed by atoms with Crippen molar-refractivity contribution < 1.29 is 9.53 Å². The average molecular weight is 129 g/mol. The third-order valence-corrected chi connectivity index (χ3v) is 0.681. The van der Waals surface area contributed by atoms with E-state index in [1.165, 1.54) is 6.08 Å². The van der Waals surface area contributed by atoms with Gasteiger partial charge in [0.05, 0.1) is 6.61 Å². The van der Waals surface area contributed by atoms with Crippen molar-refractivity contribution in [3.8, 4) is 0 Å². The molecule has 0 saturated heterocycles. The zero-order valence-corrected chi connectivity index (χ0v) is 5.46. The largest absolute Gasteiger partial charge is 0.463 e. The molecule has 0 saturated carbocycles. The number of nitrogens with two attached hydrogens (primary N) is 1. The number of carbonyl (C=O) groups excluding carboxylic acids is 1. The molecule has 9 heavy (non-hydrogen) atoms. The predicted molar refractivity (Wildman–Crippen MR) is 34.6 cm³/mol. The van der Waals surface area contributed by atoms with E-state index in [0.717, 1.165) is 12.6 Å². The second-order valence-electron chi connectivity index (χ2n) is 1.53. The number of rotatable bonds is 3. The first-order valence-corrected chi connectivity index (χ1v) is 2.86. The van der Waals surface area contributed by atoms with E-state index in [1.807, 2.05) is 6.92 Å². The van der Waals surface area contributed by atoms with Gasteiger partial charge in [-0.2, -0.15) is 0 Å². The lowest BCUT2D eigenvalue weighted by molar-refractivity contribution is -0.137. The minimum Gasteiger partial charge on any atom is -0.463 e. The number of hydrogen-bond donors (Lipinski definition) is 1. The zero-order valence-electron chi connectivity index (χ0n) is 5.46. The van der Waals surface area contributed by atoms with Gasteiger partial charge < -0.3 is 10.5 Å². The standard InChI is InChI=1S/C6H11NO2/c1-2-5-9-6(8)3-4-7/h3-4H,2,5,7H2,1H3. The van der Waals surface area contributed by atoms with Crippen LogP contribution < -0.4 is 5.73 Å². The molecule has 0 radical (unpaired) electrons. The molecule has 2 N–H and O–H groups in total. The summed E-state index contributed by atoms with van der Waals surface area (Å²) in [7, 11) is 0. The molecule has 0 atom stereocenters. The van der Waals surface area contributed by atoms with Crippen LogP contribution in [0.5, 0.6) is 0 Å². The van der Waals surface area contributed by atoms with Crippen LogP contribution in [0.1, 0.15) is 13.3 Å². The maximum Gasteiger partial charge on any atom is 0.332 e. The summed E-state index contributed by atoms with van der Waals surface area (Å²) >= 11 is 0. The Bertz CT molecular complexity index is 110. The summed E-state index contributed by atoms with van der Waals surface area (Å²) in [5.41, 5.74) is 4.92. The van der Waals surface area contributed by atoms with Gasteiger partial charge in [0.1, 0.15) is 0 Å². The first kappa shape index (κ1) is 8.01. The Labute approximate surface area is 54.5 Å². The lowest BCUT2D eigenvalue weighted by Gasteiger charge is -1.95. The van der Waals surface area contributed by atoms with Gasteiger partial charge in [-0.3, -0.25) is 0 Å². The second-order valence-corrected chi connectivity index (χ2v) is 1.53. The summed E-state index contributed by atoms with van der Waals surface area (Å²) in [6, 6.07) is 0. The number of hydrogen-bond acceptors (Lipinski definition) is 3. The summed E-state index contributed by atoms with van der Waals surface area (Å²) in [4.78, 5) is 10.4. The topological polar surface area (TPSA) is 52.3 Å². The van der Waals surface area contributed by atoms with E-state index >= 15 is 0 Å². The minimum atomic E-state index is -0.376. The highest BCUT2D eigenvalue weighted by Crippen LogP contribution is 1.82. The van der Waals surface area contributed by atoms with Gasteiger partial charge in [0.25, 0.3) is 0 Å². The van der Waals surface area contributed by atoms with Crippen LogP contribution in [0, 0.1) is 0 Å². The third-order valence-electron chi connectivity index (χ3n) is 0.681. The van der Waals surface area contributed by atoms with Crippen molar-refractivity contribution in [1.29, 1.82) is 0 Å². The van der Waals surface area contributed by atoms with Gasteiger partial charge >= 0.3 is 5.97 Å². The van der Waals surface area contributed by atoms with E-state index in [2.05, 4.69) is 4.74 Å². The van der Waals surface area contributed by atoms with Gasteiger partial charge in [-0.05, 0) is 6.42 Å². The van der Waals surface area contributed by atoms with E-state index in [4.69, 9.17) is 5.73 Å². The molecule has 3 heteroatoms. The lowest BCUT2D eigenvalue weighted by Crippen LogP contribution is -2.01. The zero-order chi connectivity index (χ0) is 7.11. The Morgan fingerprint density at radius 3 is 2.89 bits per heavy atom. The molecule has 0 aromatic rings. The number of esters is 1. The Hall–Kier alpha value is -0.990. The van der Waals surface area contributed by atoms with Gasteiger partial charge in [0.15, 0.2) is 0 Å². The van der Waals surface area contributed by atoms with Crippen molar-refractivity contribution in [3.05, 3.63) is 12.3 Å². The molecule has 0 aliphatic rings. The van der Waals surface area contributed by atoms with Crippen molar-refractivity contribution in [1.82, 2.24) is 0 Å². The lowest BCUT2D eigenvalue weighted by atomic mass is 10.5. The molecular formula is C6H11NO2.